The van der Waals surface area contributed by atoms with E-state index >= 15 is 0 Å². The molecule has 0 aliphatic carbocycles. The van der Waals surface area contributed by atoms with Crippen LogP contribution in [0.2, 0.25) is 5.02 Å². The summed E-state index contributed by atoms with van der Waals surface area (Å²) in [5, 5.41) is 4.57. The lowest BCUT2D eigenvalue weighted by Gasteiger charge is -2.16. The van der Waals surface area contributed by atoms with Gasteiger partial charge in [0.25, 0.3) is 5.91 Å². The Bertz CT molecular complexity index is 896. The maximum atomic E-state index is 12.3. The molecule has 3 rings (SSSR count). The highest BCUT2D eigenvalue weighted by Crippen LogP contribution is 2.22. The normalized spacial score (nSPS) is 10.6. The maximum Gasteiger partial charge on any atom is 0.260 e. The van der Waals surface area contributed by atoms with Crippen molar-refractivity contribution in [3.05, 3.63) is 65.0 Å². The second-order valence-electron chi connectivity index (χ2n) is 5.83. The summed E-state index contributed by atoms with van der Waals surface area (Å²) in [5.74, 6) is 1.29. The summed E-state index contributed by atoms with van der Waals surface area (Å²) in [4.78, 5) is 18.1. The zero-order valence-electron chi connectivity index (χ0n) is 14.5. The smallest absolute Gasteiger partial charge is 0.260 e. The third kappa shape index (κ3) is 4.40. The Morgan fingerprint density at radius 1 is 1.23 bits per heavy atom. The minimum Gasteiger partial charge on any atom is -0.483 e. The van der Waals surface area contributed by atoms with Crippen molar-refractivity contribution in [1.82, 2.24) is 15.0 Å². The van der Waals surface area contributed by atoms with Crippen molar-refractivity contribution in [2.75, 3.05) is 13.7 Å². The van der Waals surface area contributed by atoms with Gasteiger partial charge in [-0.1, -0.05) is 47.1 Å². The average molecular weight is 372 g/mol. The predicted molar refractivity (Wildman–Crippen MR) is 97.9 cm³/mol. The largest absolute Gasteiger partial charge is 0.483 e. The van der Waals surface area contributed by atoms with Crippen LogP contribution in [0.1, 0.15) is 11.5 Å². The molecule has 1 aromatic heterocycles. The van der Waals surface area contributed by atoms with Gasteiger partial charge in [-0.3, -0.25) is 4.79 Å². The highest BCUT2D eigenvalue weighted by molar-refractivity contribution is 6.30. The molecule has 0 N–H and O–H groups in total. The molecule has 7 heteroatoms. The third-order valence-corrected chi connectivity index (χ3v) is 4.02. The van der Waals surface area contributed by atoms with Gasteiger partial charge in [0.2, 0.25) is 11.7 Å². The van der Waals surface area contributed by atoms with E-state index in [2.05, 4.69) is 10.1 Å². The number of hydrogen-bond acceptors (Lipinski definition) is 5. The molecule has 0 radical (unpaired) electrons. The Balaban J connectivity index is 1.57. The SMILES string of the molecule is Cc1cc(Cl)ccc1OCC(=O)N(C)Cc1nc(-c2ccccc2)no1. The third-order valence-electron chi connectivity index (χ3n) is 3.79. The molecule has 26 heavy (non-hydrogen) atoms. The van der Waals surface area contributed by atoms with Crippen LogP contribution < -0.4 is 4.74 Å². The number of nitrogens with zero attached hydrogens (tertiary/aromatic N) is 3. The first kappa shape index (κ1) is 17.9. The molecule has 0 spiro atoms. The van der Waals surface area contributed by atoms with Crippen molar-refractivity contribution in [1.29, 1.82) is 0 Å². The van der Waals surface area contributed by atoms with E-state index < -0.39 is 0 Å². The molecule has 0 unspecified atom stereocenters. The van der Waals surface area contributed by atoms with Crippen LogP contribution in [0.3, 0.4) is 0 Å². The van der Waals surface area contributed by atoms with E-state index in [1.807, 2.05) is 37.3 Å². The van der Waals surface area contributed by atoms with Crippen molar-refractivity contribution in [2.24, 2.45) is 0 Å². The summed E-state index contributed by atoms with van der Waals surface area (Å²) in [6.07, 6.45) is 0. The van der Waals surface area contributed by atoms with Gasteiger partial charge in [0.15, 0.2) is 6.61 Å². The quantitative estimate of drug-likeness (QED) is 0.660. The van der Waals surface area contributed by atoms with Crippen molar-refractivity contribution >= 4 is 17.5 Å². The standard InChI is InChI=1S/C19H18ClN3O3/c1-13-10-15(20)8-9-16(13)25-12-18(24)23(2)11-17-21-19(22-26-17)14-6-4-3-5-7-14/h3-10H,11-12H2,1-2H3. The van der Waals surface area contributed by atoms with E-state index in [1.165, 1.54) is 4.90 Å². The molecular formula is C19H18ClN3O3. The van der Waals surface area contributed by atoms with E-state index in [9.17, 15) is 4.79 Å². The Morgan fingerprint density at radius 3 is 2.73 bits per heavy atom. The number of aryl methyl sites for hydroxylation is 1. The summed E-state index contributed by atoms with van der Waals surface area (Å²) in [7, 11) is 1.66. The van der Waals surface area contributed by atoms with Gasteiger partial charge in [-0.2, -0.15) is 4.98 Å². The Kier molecular flexibility index (Phi) is 5.53. The molecule has 0 bridgehead atoms. The van der Waals surface area contributed by atoms with Gasteiger partial charge in [0.1, 0.15) is 5.75 Å². The number of amides is 1. The van der Waals surface area contributed by atoms with Crippen LogP contribution >= 0.6 is 11.6 Å². The van der Waals surface area contributed by atoms with Crippen molar-refractivity contribution < 1.29 is 14.1 Å². The maximum absolute atomic E-state index is 12.3. The molecule has 0 fully saturated rings. The van der Waals surface area contributed by atoms with Crippen LogP contribution in [-0.4, -0.2) is 34.6 Å². The lowest BCUT2D eigenvalue weighted by molar-refractivity contribution is -0.132. The molecule has 6 nitrogen and oxygen atoms in total. The van der Waals surface area contributed by atoms with Crippen LogP contribution in [0.25, 0.3) is 11.4 Å². The highest BCUT2D eigenvalue weighted by atomic mass is 35.5. The van der Waals surface area contributed by atoms with Crippen molar-refractivity contribution in [2.45, 2.75) is 13.5 Å². The average Bonchev–Trinajstić information content (AvgIpc) is 3.10. The van der Waals surface area contributed by atoms with E-state index in [0.717, 1.165) is 11.1 Å². The number of ether oxygens (including phenoxy) is 1. The minimum absolute atomic E-state index is 0.0847. The van der Waals surface area contributed by atoms with E-state index in [0.29, 0.717) is 22.5 Å². The fraction of sp³-hybridized carbons (Fsp3) is 0.211. The fourth-order valence-corrected chi connectivity index (χ4v) is 2.57. The predicted octanol–water partition coefficient (Wildman–Crippen LogP) is 3.74. The molecule has 0 aliphatic heterocycles. The van der Waals surface area contributed by atoms with Gasteiger partial charge < -0.3 is 14.2 Å². The molecular weight excluding hydrogens is 354 g/mol. The Hall–Kier alpha value is -2.86. The van der Waals surface area contributed by atoms with Crippen molar-refractivity contribution in [3.8, 4) is 17.1 Å². The topological polar surface area (TPSA) is 68.5 Å². The first-order valence-corrected chi connectivity index (χ1v) is 8.41. The first-order valence-electron chi connectivity index (χ1n) is 8.04. The lowest BCUT2D eigenvalue weighted by Crippen LogP contribution is -2.31. The zero-order valence-corrected chi connectivity index (χ0v) is 15.2. The van der Waals surface area contributed by atoms with E-state index in [4.69, 9.17) is 20.9 Å². The molecule has 1 heterocycles. The zero-order chi connectivity index (χ0) is 18.5. The molecule has 3 aromatic rings. The van der Waals surface area contributed by atoms with E-state index in [1.54, 1.807) is 25.2 Å². The van der Waals surface area contributed by atoms with Gasteiger partial charge >= 0.3 is 0 Å². The molecule has 1 amide bonds. The van der Waals surface area contributed by atoms with E-state index in [-0.39, 0.29) is 19.1 Å². The Labute approximate surface area is 156 Å². The number of halogens is 1. The summed E-state index contributed by atoms with van der Waals surface area (Å²) in [6, 6.07) is 14.8. The van der Waals surface area contributed by atoms with Gasteiger partial charge in [-0.05, 0) is 30.7 Å². The summed E-state index contributed by atoms with van der Waals surface area (Å²) in [6.45, 7) is 2.00. The van der Waals surface area contributed by atoms with Crippen LogP contribution in [0, 0.1) is 6.92 Å². The second-order valence-corrected chi connectivity index (χ2v) is 6.26. The summed E-state index contributed by atoms with van der Waals surface area (Å²) in [5.41, 5.74) is 1.73. The van der Waals surface area contributed by atoms with Crippen molar-refractivity contribution in [3.63, 3.8) is 0 Å². The first-order chi connectivity index (χ1) is 12.5. The number of carbonyl (C=O) groups is 1. The fourth-order valence-electron chi connectivity index (χ4n) is 2.34. The minimum atomic E-state index is -0.196. The molecule has 2 aromatic carbocycles. The second kappa shape index (κ2) is 8.01. The molecule has 0 saturated heterocycles. The number of aromatic nitrogens is 2. The lowest BCUT2D eigenvalue weighted by atomic mass is 10.2. The van der Waals surface area contributed by atoms with Crippen LogP contribution in [-0.2, 0) is 11.3 Å². The van der Waals surface area contributed by atoms with Crippen LogP contribution in [0.5, 0.6) is 5.75 Å². The summed E-state index contributed by atoms with van der Waals surface area (Å²) >= 11 is 5.91. The highest BCUT2D eigenvalue weighted by Gasteiger charge is 2.15. The number of benzene rings is 2. The number of carbonyl (C=O) groups excluding carboxylic acids is 1. The van der Waals surface area contributed by atoms with Crippen LogP contribution in [0.15, 0.2) is 53.1 Å². The summed E-state index contributed by atoms with van der Waals surface area (Å²) < 4.78 is 10.8. The molecule has 134 valence electrons. The van der Waals surface area contributed by atoms with Crippen LogP contribution in [0.4, 0.5) is 0 Å². The monoisotopic (exact) mass is 371 g/mol. The number of likely N-dealkylation sites (N-methyl/N-ethyl adjacent to an activating group) is 1. The molecule has 0 aliphatic rings. The van der Waals surface area contributed by atoms with Gasteiger partial charge in [0, 0.05) is 17.6 Å². The van der Waals surface area contributed by atoms with Gasteiger partial charge in [-0.25, -0.2) is 0 Å². The number of hydrogen-bond donors (Lipinski definition) is 0. The number of rotatable bonds is 6. The molecule has 0 saturated carbocycles. The van der Waals surface area contributed by atoms with Gasteiger partial charge in [-0.15, -0.1) is 0 Å². The van der Waals surface area contributed by atoms with Gasteiger partial charge in [0.05, 0.1) is 6.54 Å². The molecule has 0 atom stereocenters. The Morgan fingerprint density at radius 2 is 2.00 bits per heavy atom.